The van der Waals surface area contributed by atoms with Crippen molar-refractivity contribution in [2.75, 3.05) is 24.6 Å². The van der Waals surface area contributed by atoms with Crippen LogP contribution in [-0.2, 0) is 9.84 Å². The summed E-state index contributed by atoms with van der Waals surface area (Å²) in [4.78, 5) is 4.51. The van der Waals surface area contributed by atoms with Crippen molar-refractivity contribution in [1.82, 2.24) is 10.6 Å². The first-order valence-electron chi connectivity index (χ1n) is 7.04. The lowest BCUT2D eigenvalue weighted by Crippen LogP contribution is -2.43. The van der Waals surface area contributed by atoms with E-state index in [1.165, 1.54) is 0 Å². The summed E-state index contributed by atoms with van der Waals surface area (Å²) < 4.78 is 22.8. The lowest BCUT2D eigenvalue weighted by atomic mass is 10.1. The SMILES string of the molecule is CC(C)CN=C(NCC1CCS(=O)(=O)C1)NC(C)C. The van der Waals surface area contributed by atoms with Gasteiger partial charge in [-0.15, -0.1) is 0 Å². The van der Waals surface area contributed by atoms with E-state index in [4.69, 9.17) is 0 Å². The number of hydrogen-bond acceptors (Lipinski definition) is 3. The van der Waals surface area contributed by atoms with Gasteiger partial charge in [0.15, 0.2) is 15.8 Å². The Hall–Kier alpha value is -0.780. The van der Waals surface area contributed by atoms with E-state index >= 15 is 0 Å². The third-order valence-electron chi connectivity index (χ3n) is 2.92. The molecule has 0 spiro atoms. The molecule has 112 valence electrons. The zero-order valence-electron chi connectivity index (χ0n) is 12.4. The van der Waals surface area contributed by atoms with Gasteiger partial charge in [-0.25, -0.2) is 8.42 Å². The second-order valence-electron chi connectivity index (χ2n) is 6.03. The molecule has 0 aromatic carbocycles. The van der Waals surface area contributed by atoms with Crippen LogP contribution in [0.3, 0.4) is 0 Å². The van der Waals surface area contributed by atoms with E-state index in [2.05, 4.69) is 43.3 Å². The number of sulfone groups is 1. The molecule has 1 heterocycles. The van der Waals surface area contributed by atoms with Gasteiger partial charge >= 0.3 is 0 Å². The van der Waals surface area contributed by atoms with Crippen LogP contribution in [0.4, 0.5) is 0 Å². The molecule has 19 heavy (non-hydrogen) atoms. The maximum absolute atomic E-state index is 11.4. The van der Waals surface area contributed by atoms with Crippen LogP contribution in [0.2, 0.25) is 0 Å². The van der Waals surface area contributed by atoms with Crippen molar-refractivity contribution < 1.29 is 8.42 Å². The van der Waals surface area contributed by atoms with Crippen molar-refractivity contribution in [2.45, 2.75) is 40.2 Å². The maximum Gasteiger partial charge on any atom is 0.191 e. The zero-order chi connectivity index (χ0) is 14.5. The first-order chi connectivity index (χ1) is 8.78. The van der Waals surface area contributed by atoms with E-state index in [0.29, 0.717) is 30.0 Å². The molecule has 0 saturated carbocycles. The fourth-order valence-corrected chi connectivity index (χ4v) is 3.84. The van der Waals surface area contributed by atoms with Crippen molar-refractivity contribution in [3.8, 4) is 0 Å². The maximum atomic E-state index is 11.4. The van der Waals surface area contributed by atoms with Crippen molar-refractivity contribution in [1.29, 1.82) is 0 Å². The molecule has 1 fully saturated rings. The van der Waals surface area contributed by atoms with E-state index in [1.54, 1.807) is 0 Å². The summed E-state index contributed by atoms with van der Waals surface area (Å²) in [7, 11) is -2.79. The molecule has 2 N–H and O–H groups in total. The molecular formula is C13H27N3O2S. The van der Waals surface area contributed by atoms with Gasteiger partial charge in [0, 0.05) is 19.1 Å². The molecule has 0 radical (unpaired) electrons. The molecule has 0 bridgehead atoms. The van der Waals surface area contributed by atoms with Gasteiger partial charge in [0.1, 0.15) is 0 Å². The summed E-state index contributed by atoms with van der Waals surface area (Å²) >= 11 is 0. The molecule has 0 amide bonds. The van der Waals surface area contributed by atoms with Crippen molar-refractivity contribution in [3.05, 3.63) is 0 Å². The summed E-state index contributed by atoms with van der Waals surface area (Å²) in [5.74, 6) is 2.14. The van der Waals surface area contributed by atoms with E-state index in [1.807, 2.05) is 0 Å². The molecule has 1 atom stereocenters. The first kappa shape index (κ1) is 16.3. The molecule has 0 aliphatic carbocycles. The summed E-state index contributed by atoms with van der Waals surface area (Å²) in [6.45, 7) is 9.82. The minimum absolute atomic E-state index is 0.211. The third-order valence-corrected chi connectivity index (χ3v) is 4.76. The normalized spacial score (nSPS) is 23.1. The van der Waals surface area contributed by atoms with E-state index in [-0.39, 0.29) is 5.92 Å². The van der Waals surface area contributed by atoms with Crippen LogP contribution < -0.4 is 10.6 Å². The summed E-state index contributed by atoms with van der Waals surface area (Å²) in [5.41, 5.74) is 0. The zero-order valence-corrected chi connectivity index (χ0v) is 13.3. The number of nitrogens with one attached hydrogen (secondary N) is 2. The van der Waals surface area contributed by atoms with Crippen LogP contribution in [0.25, 0.3) is 0 Å². The predicted octanol–water partition coefficient (Wildman–Crippen LogP) is 1.02. The van der Waals surface area contributed by atoms with E-state index in [9.17, 15) is 8.42 Å². The number of nitrogens with zero attached hydrogens (tertiary/aromatic N) is 1. The molecule has 1 saturated heterocycles. The average molecular weight is 289 g/mol. The van der Waals surface area contributed by atoms with Crippen LogP contribution in [0.1, 0.15) is 34.1 Å². The molecule has 1 aliphatic rings. The molecule has 6 heteroatoms. The Morgan fingerprint density at radius 1 is 1.32 bits per heavy atom. The second kappa shape index (κ2) is 7.12. The topological polar surface area (TPSA) is 70.6 Å². The van der Waals surface area contributed by atoms with Crippen LogP contribution >= 0.6 is 0 Å². The highest BCUT2D eigenvalue weighted by molar-refractivity contribution is 7.91. The Morgan fingerprint density at radius 2 is 2.00 bits per heavy atom. The van der Waals surface area contributed by atoms with Gasteiger partial charge in [0.25, 0.3) is 0 Å². The number of guanidine groups is 1. The smallest absolute Gasteiger partial charge is 0.191 e. The van der Waals surface area contributed by atoms with Gasteiger partial charge in [-0.1, -0.05) is 13.8 Å². The van der Waals surface area contributed by atoms with Gasteiger partial charge in [0.2, 0.25) is 0 Å². The van der Waals surface area contributed by atoms with E-state index in [0.717, 1.165) is 18.9 Å². The Labute approximate surface area is 117 Å². The summed E-state index contributed by atoms with van der Waals surface area (Å²) in [6.07, 6.45) is 0.758. The molecule has 1 rings (SSSR count). The lowest BCUT2D eigenvalue weighted by molar-refractivity contribution is 0.560. The first-order valence-corrected chi connectivity index (χ1v) is 8.86. The summed E-state index contributed by atoms with van der Waals surface area (Å²) in [5, 5.41) is 6.53. The largest absolute Gasteiger partial charge is 0.356 e. The van der Waals surface area contributed by atoms with Gasteiger partial charge in [-0.3, -0.25) is 4.99 Å². The predicted molar refractivity (Wildman–Crippen MR) is 80.2 cm³/mol. The van der Waals surface area contributed by atoms with Crippen LogP contribution in [0.15, 0.2) is 4.99 Å². The van der Waals surface area contributed by atoms with Gasteiger partial charge in [-0.2, -0.15) is 0 Å². The minimum atomic E-state index is -2.79. The molecule has 1 unspecified atom stereocenters. The van der Waals surface area contributed by atoms with Crippen LogP contribution in [0, 0.1) is 11.8 Å². The Kier molecular flexibility index (Phi) is 6.10. The lowest BCUT2D eigenvalue weighted by Gasteiger charge is -2.17. The summed E-state index contributed by atoms with van der Waals surface area (Å²) in [6, 6.07) is 0.311. The molecule has 0 aromatic rings. The number of hydrogen-bond donors (Lipinski definition) is 2. The van der Waals surface area contributed by atoms with Gasteiger partial charge in [0.05, 0.1) is 11.5 Å². The van der Waals surface area contributed by atoms with Crippen LogP contribution in [-0.4, -0.2) is 45.0 Å². The quantitative estimate of drug-likeness (QED) is 0.585. The molecule has 5 nitrogen and oxygen atoms in total. The van der Waals surface area contributed by atoms with Crippen molar-refractivity contribution in [3.63, 3.8) is 0 Å². The molecule has 1 aliphatic heterocycles. The van der Waals surface area contributed by atoms with Crippen LogP contribution in [0.5, 0.6) is 0 Å². The average Bonchev–Trinajstić information content (AvgIpc) is 2.61. The van der Waals surface area contributed by atoms with Gasteiger partial charge in [-0.05, 0) is 32.1 Å². The Morgan fingerprint density at radius 3 is 2.47 bits per heavy atom. The fraction of sp³-hybridized carbons (Fsp3) is 0.923. The van der Waals surface area contributed by atoms with E-state index < -0.39 is 9.84 Å². The van der Waals surface area contributed by atoms with Gasteiger partial charge < -0.3 is 10.6 Å². The fourth-order valence-electron chi connectivity index (χ4n) is 1.97. The Balaban J connectivity index is 2.46. The number of rotatable bonds is 5. The monoisotopic (exact) mass is 289 g/mol. The highest BCUT2D eigenvalue weighted by atomic mass is 32.2. The molecular weight excluding hydrogens is 262 g/mol. The number of aliphatic imine (C=N–C) groups is 1. The molecule has 0 aromatic heterocycles. The Bertz CT molecular complexity index is 402. The van der Waals surface area contributed by atoms with Crippen molar-refractivity contribution in [2.24, 2.45) is 16.8 Å². The standard InChI is InChI=1S/C13H27N3O2S/c1-10(2)7-14-13(16-11(3)4)15-8-12-5-6-19(17,18)9-12/h10-12H,5-9H2,1-4H3,(H2,14,15,16). The van der Waals surface area contributed by atoms with Crippen molar-refractivity contribution >= 4 is 15.8 Å². The minimum Gasteiger partial charge on any atom is -0.356 e. The highest BCUT2D eigenvalue weighted by Crippen LogP contribution is 2.17. The second-order valence-corrected chi connectivity index (χ2v) is 8.26. The third kappa shape index (κ3) is 6.80. The highest BCUT2D eigenvalue weighted by Gasteiger charge is 2.27.